The number of hydrogen-bond donors (Lipinski definition) is 0. The Morgan fingerprint density at radius 3 is 2.54 bits per heavy atom. The normalized spacial score (nSPS) is 10.7. The molecule has 1 amide bonds. The molecule has 132 valence electrons. The van der Waals surface area contributed by atoms with Crippen molar-refractivity contribution < 1.29 is 9.72 Å². The highest BCUT2D eigenvalue weighted by atomic mass is 16.6. The largest absolute Gasteiger partial charge is 0.311 e. The fourth-order valence-electron chi connectivity index (χ4n) is 2.83. The molecule has 0 bridgehead atoms. The molecule has 0 radical (unpaired) electrons. The van der Waals surface area contributed by atoms with Gasteiger partial charge in [0.2, 0.25) is 5.91 Å². The van der Waals surface area contributed by atoms with Crippen LogP contribution in [0, 0.1) is 10.1 Å². The van der Waals surface area contributed by atoms with Crippen molar-refractivity contribution in [3.8, 4) is 0 Å². The molecule has 3 aromatic rings. The maximum absolute atomic E-state index is 12.7. The van der Waals surface area contributed by atoms with E-state index in [1.807, 2.05) is 49.4 Å². The molecule has 7 heteroatoms. The van der Waals surface area contributed by atoms with Crippen molar-refractivity contribution in [2.24, 2.45) is 0 Å². The lowest BCUT2D eigenvalue weighted by Gasteiger charge is -2.22. The van der Waals surface area contributed by atoms with E-state index in [2.05, 4.69) is 0 Å². The van der Waals surface area contributed by atoms with Crippen molar-refractivity contribution in [1.82, 2.24) is 4.57 Å². The van der Waals surface area contributed by atoms with Gasteiger partial charge in [-0.3, -0.25) is 24.3 Å². The Bertz CT molecular complexity index is 1040. The van der Waals surface area contributed by atoms with Crippen LogP contribution in [-0.2, 0) is 11.3 Å². The van der Waals surface area contributed by atoms with Gasteiger partial charge in [0.15, 0.2) is 0 Å². The molecule has 7 nitrogen and oxygen atoms in total. The maximum Gasteiger partial charge on any atom is 0.285 e. The molecule has 0 aliphatic carbocycles. The molecule has 0 spiro atoms. The Balaban J connectivity index is 1.90. The maximum atomic E-state index is 12.7. The summed E-state index contributed by atoms with van der Waals surface area (Å²) in [5.41, 5.74) is 0.0272. The number of benzene rings is 2. The number of aromatic nitrogens is 1. The molecule has 3 rings (SSSR count). The third-order valence-corrected chi connectivity index (χ3v) is 4.15. The first-order valence-electron chi connectivity index (χ1n) is 8.13. The number of likely N-dealkylation sites (N-methyl/N-ethyl adjacent to an activating group) is 1. The zero-order valence-electron chi connectivity index (χ0n) is 14.2. The van der Waals surface area contributed by atoms with E-state index >= 15 is 0 Å². The van der Waals surface area contributed by atoms with E-state index in [4.69, 9.17) is 0 Å². The quantitative estimate of drug-likeness (QED) is 0.522. The standard InChI is InChI=1S/C19H17N3O4/c1-2-21(16-8-7-14-5-3-4-6-15(14)11-16)19(24)13-20-12-17(22(25)26)9-10-18(20)23/h3-12H,2,13H2,1H3. The topological polar surface area (TPSA) is 85.4 Å². The minimum atomic E-state index is -0.596. The Morgan fingerprint density at radius 2 is 1.85 bits per heavy atom. The molecular formula is C19H17N3O4. The van der Waals surface area contributed by atoms with Gasteiger partial charge in [-0.2, -0.15) is 0 Å². The molecule has 1 aromatic heterocycles. The molecular weight excluding hydrogens is 334 g/mol. The highest BCUT2D eigenvalue weighted by Gasteiger charge is 2.17. The third kappa shape index (κ3) is 3.46. The fraction of sp³-hybridized carbons (Fsp3) is 0.158. The molecule has 0 fully saturated rings. The second-order valence-corrected chi connectivity index (χ2v) is 5.78. The van der Waals surface area contributed by atoms with E-state index in [0.717, 1.165) is 39.4 Å². The Kier molecular flexibility index (Phi) is 4.79. The molecule has 0 aliphatic heterocycles. The highest BCUT2D eigenvalue weighted by molar-refractivity contribution is 5.96. The summed E-state index contributed by atoms with van der Waals surface area (Å²) >= 11 is 0. The van der Waals surface area contributed by atoms with Crippen LogP contribution in [0.3, 0.4) is 0 Å². The highest BCUT2D eigenvalue weighted by Crippen LogP contribution is 2.22. The molecule has 0 N–H and O–H groups in total. The van der Waals surface area contributed by atoms with Crippen molar-refractivity contribution >= 4 is 28.1 Å². The van der Waals surface area contributed by atoms with Crippen LogP contribution >= 0.6 is 0 Å². The van der Waals surface area contributed by atoms with Gasteiger partial charge in [0.25, 0.3) is 11.2 Å². The molecule has 1 heterocycles. The van der Waals surface area contributed by atoms with Crippen molar-refractivity contribution in [1.29, 1.82) is 0 Å². The summed E-state index contributed by atoms with van der Waals surface area (Å²) in [7, 11) is 0. The van der Waals surface area contributed by atoms with Gasteiger partial charge in [-0.05, 0) is 29.8 Å². The third-order valence-electron chi connectivity index (χ3n) is 4.15. The van der Waals surface area contributed by atoms with Crippen molar-refractivity contribution in [2.45, 2.75) is 13.5 Å². The fourth-order valence-corrected chi connectivity index (χ4v) is 2.83. The second-order valence-electron chi connectivity index (χ2n) is 5.78. The van der Waals surface area contributed by atoms with Gasteiger partial charge in [0.05, 0.1) is 11.1 Å². The lowest BCUT2D eigenvalue weighted by Crippen LogP contribution is -2.36. The SMILES string of the molecule is CCN(C(=O)Cn1cc([N+](=O)[O-])ccc1=O)c1ccc2ccccc2c1. The summed E-state index contributed by atoms with van der Waals surface area (Å²) in [6.07, 6.45) is 1.09. The van der Waals surface area contributed by atoms with E-state index < -0.39 is 10.5 Å². The second kappa shape index (κ2) is 7.18. The summed E-state index contributed by atoms with van der Waals surface area (Å²) in [4.78, 5) is 36.5. The smallest absolute Gasteiger partial charge is 0.285 e. The Hall–Kier alpha value is -3.48. The van der Waals surface area contributed by atoms with Crippen LogP contribution < -0.4 is 10.5 Å². The van der Waals surface area contributed by atoms with E-state index in [1.165, 1.54) is 0 Å². The van der Waals surface area contributed by atoms with Gasteiger partial charge in [-0.25, -0.2) is 0 Å². The molecule has 0 unspecified atom stereocenters. The van der Waals surface area contributed by atoms with Crippen molar-refractivity contribution in [2.75, 3.05) is 11.4 Å². The zero-order chi connectivity index (χ0) is 18.7. The Morgan fingerprint density at radius 1 is 1.12 bits per heavy atom. The first-order chi connectivity index (χ1) is 12.5. The van der Waals surface area contributed by atoms with Crippen LogP contribution in [0.2, 0.25) is 0 Å². The minimum Gasteiger partial charge on any atom is -0.311 e. The molecule has 26 heavy (non-hydrogen) atoms. The van der Waals surface area contributed by atoms with Gasteiger partial charge < -0.3 is 4.90 Å². The number of fused-ring (bicyclic) bond motifs is 1. The average molecular weight is 351 g/mol. The lowest BCUT2D eigenvalue weighted by molar-refractivity contribution is -0.385. The first kappa shape index (κ1) is 17.3. The van der Waals surface area contributed by atoms with E-state index in [9.17, 15) is 19.7 Å². The van der Waals surface area contributed by atoms with Crippen LogP contribution in [0.1, 0.15) is 6.92 Å². The van der Waals surface area contributed by atoms with Gasteiger partial charge in [0, 0.05) is 24.4 Å². The van der Waals surface area contributed by atoms with E-state index in [-0.39, 0.29) is 18.1 Å². The summed E-state index contributed by atoms with van der Waals surface area (Å²) < 4.78 is 1.06. The number of anilines is 1. The molecule has 0 saturated heterocycles. The summed E-state index contributed by atoms with van der Waals surface area (Å²) in [6, 6.07) is 15.7. The van der Waals surface area contributed by atoms with Crippen LogP contribution in [0.25, 0.3) is 10.8 Å². The summed E-state index contributed by atoms with van der Waals surface area (Å²) in [6.45, 7) is 1.99. The number of carbonyl (C=O) groups excluding carboxylic acids is 1. The predicted octanol–water partition coefficient (Wildman–Crippen LogP) is 2.96. The number of nitro groups is 1. The van der Waals surface area contributed by atoms with E-state index in [0.29, 0.717) is 6.54 Å². The molecule has 0 atom stereocenters. The number of amides is 1. The number of carbonyl (C=O) groups is 1. The van der Waals surface area contributed by atoms with Gasteiger partial charge in [-0.15, -0.1) is 0 Å². The number of nitrogens with zero attached hydrogens (tertiary/aromatic N) is 3. The average Bonchev–Trinajstić information content (AvgIpc) is 2.64. The van der Waals surface area contributed by atoms with Crippen molar-refractivity contribution in [3.63, 3.8) is 0 Å². The molecule has 0 aliphatic rings. The first-order valence-corrected chi connectivity index (χ1v) is 8.13. The lowest BCUT2D eigenvalue weighted by atomic mass is 10.1. The van der Waals surface area contributed by atoms with Crippen LogP contribution in [0.5, 0.6) is 0 Å². The van der Waals surface area contributed by atoms with Crippen LogP contribution in [-0.4, -0.2) is 21.9 Å². The summed E-state index contributed by atoms with van der Waals surface area (Å²) in [5, 5.41) is 12.9. The Labute approximate surface area is 149 Å². The molecule has 0 saturated carbocycles. The van der Waals surface area contributed by atoms with Gasteiger partial charge in [-0.1, -0.05) is 30.3 Å². The number of hydrogen-bond acceptors (Lipinski definition) is 4. The molecule has 2 aromatic carbocycles. The van der Waals surface area contributed by atoms with Crippen LogP contribution in [0.15, 0.2) is 65.6 Å². The van der Waals surface area contributed by atoms with Gasteiger partial charge >= 0.3 is 0 Å². The number of pyridine rings is 1. The zero-order valence-corrected chi connectivity index (χ0v) is 14.2. The summed E-state index contributed by atoms with van der Waals surface area (Å²) in [5.74, 6) is -0.314. The van der Waals surface area contributed by atoms with Crippen LogP contribution in [0.4, 0.5) is 11.4 Å². The van der Waals surface area contributed by atoms with E-state index in [1.54, 1.807) is 4.90 Å². The number of rotatable bonds is 5. The predicted molar refractivity (Wildman–Crippen MR) is 99.3 cm³/mol. The monoisotopic (exact) mass is 351 g/mol. The van der Waals surface area contributed by atoms with Crippen molar-refractivity contribution in [3.05, 3.63) is 81.3 Å². The minimum absolute atomic E-state index is 0.230. The van der Waals surface area contributed by atoms with Gasteiger partial charge in [0.1, 0.15) is 6.54 Å².